The summed E-state index contributed by atoms with van der Waals surface area (Å²) in [4.78, 5) is 0. The highest BCUT2D eigenvalue weighted by atomic mass is 16.0. The molecule has 0 saturated heterocycles. The molecule has 0 radical (unpaired) electrons. The molecule has 0 aromatic rings. The lowest BCUT2D eigenvalue weighted by Gasteiger charge is -2.39. The second-order valence-electron chi connectivity index (χ2n) is 5.65. The van der Waals surface area contributed by atoms with E-state index in [4.69, 9.17) is 0 Å². The Kier molecular flexibility index (Phi) is 15.0. The molecule has 0 heterocycles. The quantitative estimate of drug-likeness (QED) is 0.472. The maximum absolute atomic E-state index is 2.33. The fourth-order valence-electron chi connectivity index (χ4n) is 2.64. The lowest BCUT2D eigenvalue weighted by molar-refractivity contribution is -0.929. The van der Waals surface area contributed by atoms with Gasteiger partial charge in [0.05, 0.1) is 26.2 Å². The van der Waals surface area contributed by atoms with Crippen molar-refractivity contribution in [3.8, 4) is 0 Å². The van der Waals surface area contributed by atoms with Gasteiger partial charge in [-0.1, -0.05) is 53.4 Å². The predicted octanol–water partition coefficient (Wildman–Crippen LogP) is 4.18. The van der Waals surface area contributed by atoms with Gasteiger partial charge in [0.1, 0.15) is 0 Å². The first kappa shape index (κ1) is 20.2. The van der Waals surface area contributed by atoms with Crippen LogP contribution in [0.25, 0.3) is 0 Å². The summed E-state index contributed by atoms with van der Waals surface area (Å²) in [5.41, 5.74) is 0. The highest BCUT2D eigenvalue weighted by Gasteiger charge is 2.24. The number of nitrogens with zero attached hydrogens (tertiary/aromatic N) is 1. The molecule has 0 atom stereocenters. The van der Waals surface area contributed by atoms with E-state index in [-0.39, 0.29) is 5.48 Å². The molecule has 112 valence electrons. The largest absolute Gasteiger partial charge is 0.412 e. The molecule has 0 aromatic carbocycles. The molecule has 0 fully saturated rings. The van der Waals surface area contributed by atoms with E-state index in [0.717, 1.165) is 0 Å². The van der Waals surface area contributed by atoms with Crippen LogP contribution in [0.4, 0.5) is 0 Å². The van der Waals surface area contributed by atoms with Crippen molar-refractivity contribution in [1.29, 1.82) is 0 Å². The molecule has 18 heavy (non-hydrogen) atoms. The van der Waals surface area contributed by atoms with Gasteiger partial charge in [-0.2, -0.15) is 0 Å². The van der Waals surface area contributed by atoms with Crippen LogP contribution in [0.15, 0.2) is 0 Å². The summed E-state index contributed by atoms with van der Waals surface area (Å²) in [6.07, 6.45) is 11.1. The summed E-state index contributed by atoms with van der Waals surface area (Å²) in [6, 6.07) is 0. The van der Waals surface area contributed by atoms with Crippen LogP contribution in [0.3, 0.4) is 0 Å². The Morgan fingerprint density at radius 1 is 0.500 bits per heavy atom. The molecule has 2 N–H and O–H groups in total. The summed E-state index contributed by atoms with van der Waals surface area (Å²) in [5.74, 6) is 0. The number of hydrogen-bond acceptors (Lipinski definition) is 0. The molecule has 0 aliphatic carbocycles. The van der Waals surface area contributed by atoms with Gasteiger partial charge < -0.3 is 9.96 Å². The fourth-order valence-corrected chi connectivity index (χ4v) is 2.64. The topological polar surface area (TPSA) is 31.5 Å². The van der Waals surface area contributed by atoms with E-state index in [9.17, 15) is 0 Å². The number of quaternary nitrogens is 1. The van der Waals surface area contributed by atoms with Crippen molar-refractivity contribution in [3.05, 3.63) is 0 Å². The zero-order chi connectivity index (χ0) is 13.0. The summed E-state index contributed by atoms with van der Waals surface area (Å²) in [5, 5.41) is 0. The molecule has 0 aromatic heterocycles. The van der Waals surface area contributed by atoms with Gasteiger partial charge in [0.15, 0.2) is 0 Å². The number of hydrogen-bond donors (Lipinski definition) is 0. The van der Waals surface area contributed by atoms with E-state index in [0.29, 0.717) is 0 Å². The molecule has 0 bridgehead atoms. The van der Waals surface area contributed by atoms with Crippen molar-refractivity contribution in [3.63, 3.8) is 0 Å². The maximum atomic E-state index is 2.33. The number of unbranched alkanes of at least 4 members (excludes halogenated alkanes) is 4. The SMILES string of the molecule is CCCC[N+](CCCC)(CCCC)CCCC.O. The van der Waals surface area contributed by atoms with Gasteiger partial charge in [-0.05, 0) is 25.7 Å². The van der Waals surface area contributed by atoms with Crippen molar-refractivity contribution in [2.24, 2.45) is 0 Å². The Hall–Kier alpha value is -0.0800. The van der Waals surface area contributed by atoms with Crippen molar-refractivity contribution >= 4 is 0 Å². The molecule has 2 nitrogen and oxygen atoms in total. The zero-order valence-electron chi connectivity index (χ0n) is 13.4. The maximum Gasteiger partial charge on any atom is 0.0786 e. The normalized spacial score (nSPS) is 11.3. The lowest BCUT2D eigenvalue weighted by Crippen LogP contribution is -2.50. The van der Waals surface area contributed by atoms with Crippen LogP contribution in [0.1, 0.15) is 79.1 Å². The van der Waals surface area contributed by atoms with E-state index in [2.05, 4.69) is 27.7 Å². The fraction of sp³-hybridized carbons (Fsp3) is 1.00. The first-order valence-electron chi connectivity index (χ1n) is 8.09. The molecule has 0 aliphatic rings. The van der Waals surface area contributed by atoms with Gasteiger partial charge in [-0.3, -0.25) is 0 Å². The Morgan fingerprint density at radius 2 is 0.722 bits per heavy atom. The second-order valence-corrected chi connectivity index (χ2v) is 5.65. The molecule has 0 saturated carbocycles. The minimum atomic E-state index is 0. The van der Waals surface area contributed by atoms with Gasteiger partial charge in [-0.15, -0.1) is 0 Å². The van der Waals surface area contributed by atoms with Crippen molar-refractivity contribution in [2.75, 3.05) is 26.2 Å². The Morgan fingerprint density at radius 3 is 0.889 bits per heavy atom. The third-order valence-corrected chi connectivity index (χ3v) is 3.94. The lowest BCUT2D eigenvalue weighted by atomic mass is 10.1. The minimum absolute atomic E-state index is 0. The summed E-state index contributed by atoms with van der Waals surface area (Å²) >= 11 is 0. The average Bonchev–Trinajstić information content (AvgIpc) is 2.37. The van der Waals surface area contributed by atoms with Crippen LogP contribution in [-0.2, 0) is 0 Å². The molecule has 0 rings (SSSR count). The van der Waals surface area contributed by atoms with Crippen LogP contribution in [0.2, 0.25) is 0 Å². The standard InChI is InChI=1S/C16H36N.H2O/c1-5-9-13-17(14-10-6-2,15-11-7-3)16-12-8-4;/h5-16H2,1-4H3;1H2/q+1;. The third-order valence-electron chi connectivity index (χ3n) is 3.94. The summed E-state index contributed by atoms with van der Waals surface area (Å²) in [7, 11) is 0. The van der Waals surface area contributed by atoms with Crippen molar-refractivity contribution < 1.29 is 9.96 Å². The Balaban J connectivity index is 0. The highest BCUT2D eigenvalue weighted by molar-refractivity contribution is 4.49. The Labute approximate surface area is 116 Å². The summed E-state index contributed by atoms with van der Waals surface area (Å²) < 4.78 is 1.42. The van der Waals surface area contributed by atoms with Crippen LogP contribution >= 0.6 is 0 Å². The molecule has 2 heteroatoms. The minimum Gasteiger partial charge on any atom is -0.412 e. The molecular formula is C16H38NO+. The zero-order valence-corrected chi connectivity index (χ0v) is 13.4. The molecular weight excluding hydrogens is 222 g/mol. The first-order valence-corrected chi connectivity index (χ1v) is 8.09. The van der Waals surface area contributed by atoms with E-state index in [1.165, 1.54) is 82.0 Å². The third kappa shape index (κ3) is 8.93. The molecule has 0 spiro atoms. The predicted molar refractivity (Wildman–Crippen MR) is 83.0 cm³/mol. The second kappa shape index (κ2) is 13.4. The van der Waals surface area contributed by atoms with E-state index >= 15 is 0 Å². The van der Waals surface area contributed by atoms with Gasteiger partial charge in [0.2, 0.25) is 0 Å². The molecule has 0 amide bonds. The van der Waals surface area contributed by atoms with Crippen LogP contribution < -0.4 is 0 Å². The van der Waals surface area contributed by atoms with Crippen LogP contribution in [-0.4, -0.2) is 36.1 Å². The highest BCUT2D eigenvalue weighted by Crippen LogP contribution is 2.16. The van der Waals surface area contributed by atoms with Crippen LogP contribution in [0.5, 0.6) is 0 Å². The van der Waals surface area contributed by atoms with E-state index < -0.39 is 0 Å². The van der Waals surface area contributed by atoms with Crippen molar-refractivity contribution in [1.82, 2.24) is 0 Å². The number of rotatable bonds is 12. The van der Waals surface area contributed by atoms with Crippen LogP contribution in [0, 0.1) is 0 Å². The van der Waals surface area contributed by atoms with Gasteiger partial charge in [-0.25, -0.2) is 0 Å². The molecule has 0 aliphatic heterocycles. The van der Waals surface area contributed by atoms with Gasteiger partial charge >= 0.3 is 0 Å². The summed E-state index contributed by atoms with van der Waals surface area (Å²) in [6.45, 7) is 15.0. The van der Waals surface area contributed by atoms with Crippen molar-refractivity contribution in [2.45, 2.75) is 79.1 Å². The first-order chi connectivity index (χ1) is 8.24. The van der Waals surface area contributed by atoms with Gasteiger partial charge in [0, 0.05) is 0 Å². The van der Waals surface area contributed by atoms with E-state index in [1.807, 2.05) is 0 Å². The average molecular weight is 260 g/mol. The monoisotopic (exact) mass is 260 g/mol. The van der Waals surface area contributed by atoms with E-state index in [1.54, 1.807) is 0 Å². The molecule has 0 unspecified atom stereocenters. The smallest absolute Gasteiger partial charge is 0.0786 e. The Bertz CT molecular complexity index is 122. The van der Waals surface area contributed by atoms with Gasteiger partial charge in [0.25, 0.3) is 0 Å².